The molecule has 1 aliphatic heterocycles. The van der Waals surface area contributed by atoms with Gasteiger partial charge in [-0.3, -0.25) is 0 Å². The second-order valence-electron chi connectivity index (χ2n) is 6.46. The van der Waals surface area contributed by atoms with Crippen LogP contribution in [0.1, 0.15) is 31.0 Å². The lowest BCUT2D eigenvalue weighted by atomic mass is 10.1. The van der Waals surface area contributed by atoms with Crippen LogP contribution in [0.25, 0.3) is 10.9 Å². The molecule has 0 fully saturated rings. The molecule has 0 radical (unpaired) electrons. The lowest BCUT2D eigenvalue weighted by Crippen LogP contribution is -2.12. The molecule has 1 aromatic heterocycles. The summed E-state index contributed by atoms with van der Waals surface area (Å²) in [6.07, 6.45) is 2.27. The minimum absolute atomic E-state index is 0.320. The average Bonchev–Trinajstić information content (AvgIpc) is 3.19. The Morgan fingerprint density at radius 2 is 1.88 bits per heavy atom. The second kappa shape index (κ2) is 6.21. The highest BCUT2D eigenvalue weighted by Crippen LogP contribution is 2.32. The number of rotatable bonds is 5. The fourth-order valence-electron chi connectivity index (χ4n) is 3.24. The molecule has 0 atom stereocenters. The highest BCUT2D eigenvalue weighted by molar-refractivity contribution is 5.84. The SMILES string of the molecule is CC(C)n1cc(CNCc2ccc3c(c2)OCO3)c2ccccc21. The largest absolute Gasteiger partial charge is 0.454 e. The molecule has 0 spiro atoms. The zero-order chi connectivity index (χ0) is 16.5. The Hall–Kier alpha value is -2.46. The van der Waals surface area contributed by atoms with Crippen LogP contribution in [0.5, 0.6) is 11.5 Å². The van der Waals surface area contributed by atoms with Gasteiger partial charge in [-0.1, -0.05) is 24.3 Å². The van der Waals surface area contributed by atoms with Crippen LogP contribution in [0.3, 0.4) is 0 Å². The van der Waals surface area contributed by atoms with Crippen molar-refractivity contribution in [3.8, 4) is 11.5 Å². The molecule has 2 aromatic carbocycles. The average molecular weight is 322 g/mol. The molecule has 24 heavy (non-hydrogen) atoms. The Bertz CT molecular complexity index is 867. The van der Waals surface area contributed by atoms with Crippen molar-refractivity contribution in [3.05, 3.63) is 59.8 Å². The molecule has 1 N–H and O–H groups in total. The molecule has 0 saturated carbocycles. The molecule has 4 nitrogen and oxygen atoms in total. The van der Waals surface area contributed by atoms with E-state index in [1.165, 1.54) is 22.0 Å². The fourth-order valence-corrected chi connectivity index (χ4v) is 3.24. The highest BCUT2D eigenvalue weighted by Gasteiger charge is 2.13. The first-order chi connectivity index (χ1) is 11.7. The molecule has 4 rings (SSSR count). The number of nitrogens with one attached hydrogen (secondary N) is 1. The summed E-state index contributed by atoms with van der Waals surface area (Å²) >= 11 is 0. The molecule has 3 aromatic rings. The van der Waals surface area contributed by atoms with Gasteiger partial charge in [0.15, 0.2) is 11.5 Å². The van der Waals surface area contributed by atoms with Gasteiger partial charge in [0.05, 0.1) is 0 Å². The molecule has 0 saturated heterocycles. The van der Waals surface area contributed by atoms with Crippen LogP contribution in [0.2, 0.25) is 0 Å². The molecular formula is C20H22N2O2. The van der Waals surface area contributed by atoms with Crippen LogP contribution >= 0.6 is 0 Å². The van der Waals surface area contributed by atoms with Crippen LogP contribution in [-0.4, -0.2) is 11.4 Å². The Labute approximate surface area is 142 Å². The van der Waals surface area contributed by atoms with Gasteiger partial charge in [0.1, 0.15) is 0 Å². The van der Waals surface area contributed by atoms with Gasteiger partial charge in [-0.25, -0.2) is 0 Å². The lowest BCUT2D eigenvalue weighted by Gasteiger charge is -2.08. The van der Waals surface area contributed by atoms with E-state index in [0.717, 1.165) is 24.6 Å². The minimum atomic E-state index is 0.320. The molecule has 0 amide bonds. The minimum Gasteiger partial charge on any atom is -0.454 e. The summed E-state index contributed by atoms with van der Waals surface area (Å²) in [5.74, 6) is 1.67. The summed E-state index contributed by atoms with van der Waals surface area (Å²) in [6, 6.07) is 15.2. The third-order valence-corrected chi connectivity index (χ3v) is 4.46. The van der Waals surface area contributed by atoms with E-state index in [0.29, 0.717) is 12.8 Å². The van der Waals surface area contributed by atoms with E-state index in [4.69, 9.17) is 9.47 Å². The zero-order valence-corrected chi connectivity index (χ0v) is 14.1. The Morgan fingerprint density at radius 1 is 1.04 bits per heavy atom. The number of fused-ring (bicyclic) bond motifs is 2. The molecule has 0 unspecified atom stereocenters. The summed E-state index contributed by atoms with van der Waals surface area (Å²) in [5, 5.41) is 4.87. The third-order valence-electron chi connectivity index (χ3n) is 4.46. The van der Waals surface area contributed by atoms with Gasteiger partial charge in [-0.05, 0) is 43.2 Å². The number of benzene rings is 2. The number of aromatic nitrogens is 1. The van der Waals surface area contributed by atoms with Crippen molar-refractivity contribution in [1.82, 2.24) is 9.88 Å². The van der Waals surface area contributed by atoms with Crippen molar-refractivity contribution in [2.75, 3.05) is 6.79 Å². The van der Waals surface area contributed by atoms with E-state index in [2.05, 4.69) is 60.3 Å². The highest BCUT2D eigenvalue weighted by atomic mass is 16.7. The summed E-state index contributed by atoms with van der Waals surface area (Å²) in [4.78, 5) is 0. The maximum Gasteiger partial charge on any atom is 0.231 e. The quantitative estimate of drug-likeness (QED) is 0.763. The van der Waals surface area contributed by atoms with E-state index < -0.39 is 0 Å². The van der Waals surface area contributed by atoms with Gasteiger partial charge in [0.25, 0.3) is 0 Å². The van der Waals surface area contributed by atoms with Crippen molar-refractivity contribution in [2.45, 2.75) is 33.0 Å². The lowest BCUT2D eigenvalue weighted by molar-refractivity contribution is 0.174. The van der Waals surface area contributed by atoms with Crippen LogP contribution in [-0.2, 0) is 13.1 Å². The zero-order valence-electron chi connectivity index (χ0n) is 14.1. The van der Waals surface area contributed by atoms with Crippen LogP contribution in [0, 0.1) is 0 Å². The number of ether oxygens (including phenoxy) is 2. The maximum atomic E-state index is 5.44. The number of hydrogen-bond acceptors (Lipinski definition) is 3. The summed E-state index contributed by atoms with van der Waals surface area (Å²) < 4.78 is 13.1. The second-order valence-corrected chi connectivity index (χ2v) is 6.46. The summed E-state index contributed by atoms with van der Waals surface area (Å²) in [6.45, 7) is 6.40. The third kappa shape index (κ3) is 2.74. The van der Waals surface area contributed by atoms with Gasteiger partial charge in [-0.15, -0.1) is 0 Å². The van der Waals surface area contributed by atoms with Crippen molar-refractivity contribution >= 4 is 10.9 Å². The van der Waals surface area contributed by atoms with Gasteiger partial charge >= 0.3 is 0 Å². The van der Waals surface area contributed by atoms with E-state index in [1.807, 2.05) is 12.1 Å². The van der Waals surface area contributed by atoms with Crippen LogP contribution in [0.15, 0.2) is 48.7 Å². The van der Waals surface area contributed by atoms with Crippen LogP contribution < -0.4 is 14.8 Å². The number of para-hydroxylation sites is 1. The van der Waals surface area contributed by atoms with E-state index >= 15 is 0 Å². The molecule has 4 heteroatoms. The van der Waals surface area contributed by atoms with Gasteiger partial charge in [0.2, 0.25) is 6.79 Å². The standard InChI is InChI=1S/C20H22N2O2/c1-14(2)22-12-16(17-5-3-4-6-18(17)22)11-21-10-15-7-8-19-20(9-15)24-13-23-19/h3-9,12,14,21H,10-11,13H2,1-2H3. The molecule has 2 heterocycles. The normalized spacial score (nSPS) is 13.1. The van der Waals surface area contributed by atoms with Crippen molar-refractivity contribution < 1.29 is 9.47 Å². The fraction of sp³-hybridized carbons (Fsp3) is 0.300. The van der Waals surface area contributed by atoms with Crippen molar-refractivity contribution in [2.24, 2.45) is 0 Å². The smallest absolute Gasteiger partial charge is 0.231 e. The molecule has 0 bridgehead atoms. The Morgan fingerprint density at radius 3 is 2.75 bits per heavy atom. The predicted molar refractivity (Wildman–Crippen MR) is 95.4 cm³/mol. The Kier molecular flexibility index (Phi) is 3.90. The topological polar surface area (TPSA) is 35.4 Å². The van der Waals surface area contributed by atoms with Gasteiger partial charge in [-0.2, -0.15) is 0 Å². The Balaban J connectivity index is 1.49. The van der Waals surface area contributed by atoms with E-state index in [-0.39, 0.29) is 0 Å². The maximum absolute atomic E-state index is 5.44. The first kappa shape index (κ1) is 15.1. The van der Waals surface area contributed by atoms with E-state index in [9.17, 15) is 0 Å². The van der Waals surface area contributed by atoms with Crippen LogP contribution in [0.4, 0.5) is 0 Å². The molecule has 1 aliphatic rings. The summed E-state index contributed by atoms with van der Waals surface area (Å²) in [7, 11) is 0. The van der Waals surface area contributed by atoms with Crippen molar-refractivity contribution in [1.29, 1.82) is 0 Å². The first-order valence-corrected chi connectivity index (χ1v) is 8.40. The predicted octanol–water partition coefficient (Wildman–Crippen LogP) is 4.24. The molecular weight excluding hydrogens is 300 g/mol. The van der Waals surface area contributed by atoms with Crippen molar-refractivity contribution in [3.63, 3.8) is 0 Å². The molecule has 0 aliphatic carbocycles. The summed E-state index contributed by atoms with van der Waals surface area (Å²) in [5.41, 5.74) is 3.83. The monoisotopic (exact) mass is 322 g/mol. The number of nitrogens with zero attached hydrogens (tertiary/aromatic N) is 1. The molecule has 124 valence electrons. The number of hydrogen-bond donors (Lipinski definition) is 1. The van der Waals surface area contributed by atoms with Gasteiger partial charge < -0.3 is 19.4 Å². The van der Waals surface area contributed by atoms with E-state index in [1.54, 1.807) is 0 Å². The van der Waals surface area contributed by atoms with Gasteiger partial charge in [0, 0.05) is 36.2 Å². The first-order valence-electron chi connectivity index (χ1n) is 8.40.